The molecule has 0 saturated carbocycles. The van der Waals surface area contributed by atoms with E-state index in [1.807, 2.05) is 0 Å². The first kappa shape index (κ1) is 32.4. The summed E-state index contributed by atoms with van der Waals surface area (Å²) in [5.74, 6) is 0. The van der Waals surface area contributed by atoms with Crippen LogP contribution < -0.4 is 0 Å². The van der Waals surface area contributed by atoms with Crippen LogP contribution >= 0.6 is 0 Å². The van der Waals surface area contributed by atoms with Crippen LogP contribution in [0.5, 0.6) is 0 Å². The van der Waals surface area contributed by atoms with Crippen molar-refractivity contribution in [1.29, 1.82) is 0 Å². The van der Waals surface area contributed by atoms with Gasteiger partial charge in [0.1, 0.15) is 6.17 Å². The third kappa shape index (κ3) is 18.3. The molecule has 0 bridgehead atoms. The average Bonchev–Trinajstić information content (AvgIpc) is 3.25. The van der Waals surface area contributed by atoms with Gasteiger partial charge in [-0.05, 0) is 25.7 Å². The normalized spacial score (nSPS) is 14.0. The van der Waals surface area contributed by atoms with Gasteiger partial charge in [-0.15, -0.1) is 0 Å². The van der Waals surface area contributed by atoms with Crippen molar-refractivity contribution in [2.24, 2.45) is 0 Å². The average molecular weight is 491 g/mol. The van der Waals surface area contributed by atoms with Crippen molar-refractivity contribution in [3.8, 4) is 0 Å². The third-order valence-electron chi connectivity index (χ3n) is 8.07. The summed E-state index contributed by atoms with van der Waals surface area (Å²) in [7, 11) is 0. The highest BCUT2D eigenvalue weighted by Gasteiger charge is 2.24. The Morgan fingerprint density at radius 1 is 0.371 bits per heavy atom. The second-order valence-electron chi connectivity index (χ2n) is 11.5. The molecule has 1 heterocycles. The van der Waals surface area contributed by atoms with E-state index in [0.29, 0.717) is 6.17 Å². The molecule has 0 radical (unpaired) electrons. The lowest BCUT2D eigenvalue weighted by Crippen LogP contribution is -2.39. The number of hydrogen-bond acceptors (Lipinski definition) is 2. The smallest absolute Gasteiger partial charge is 0.101 e. The van der Waals surface area contributed by atoms with Crippen molar-refractivity contribution in [3.63, 3.8) is 0 Å². The maximum atomic E-state index is 2.67. The Hall–Kier alpha value is -0.660. The van der Waals surface area contributed by atoms with Crippen LogP contribution in [0.2, 0.25) is 0 Å². The summed E-state index contributed by atoms with van der Waals surface area (Å²) in [6.07, 6.45) is 41.1. The van der Waals surface area contributed by atoms with E-state index in [1.54, 1.807) is 0 Å². The molecule has 1 rings (SSSR count). The third-order valence-corrected chi connectivity index (χ3v) is 8.07. The van der Waals surface area contributed by atoms with E-state index in [0.717, 1.165) is 0 Å². The molecule has 0 aromatic rings. The fourth-order valence-electron chi connectivity index (χ4n) is 5.66. The van der Waals surface area contributed by atoms with Crippen molar-refractivity contribution in [2.45, 2.75) is 187 Å². The Kier molecular flexibility index (Phi) is 23.1. The number of nitrogens with zero attached hydrogens (tertiary/aromatic N) is 2. The van der Waals surface area contributed by atoms with Gasteiger partial charge in [0.25, 0.3) is 0 Å². The first-order valence-electron chi connectivity index (χ1n) is 16.5. The van der Waals surface area contributed by atoms with E-state index in [9.17, 15) is 0 Å². The van der Waals surface area contributed by atoms with E-state index in [1.165, 1.54) is 174 Å². The van der Waals surface area contributed by atoms with Crippen LogP contribution in [-0.4, -0.2) is 29.1 Å². The van der Waals surface area contributed by atoms with E-state index in [4.69, 9.17) is 0 Å². The minimum absolute atomic E-state index is 0.643. The van der Waals surface area contributed by atoms with Crippen LogP contribution in [0.1, 0.15) is 181 Å². The lowest BCUT2D eigenvalue weighted by Gasteiger charge is -2.33. The molecule has 2 heteroatoms. The van der Waals surface area contributed by atoms with Crippen LogP contribution in [0.3, 0.4) is 0 Å². The molecule has 1 aliphatic heterocycles. The molecule has 35 heavy (non-hydrogen) atoms. The summed E-state index contributed by atoms with van der Waals surface area (Å²) in [4.78, 5) is 5.33. The summed E-state index contributed by atoms with van der Waals surface area (Å²) in [6.45, 7) is 9.44. The SMILES string of the molecule is CCCCCCCCCCCCCCCCCCC1N(CCCCCC)C=CN1CCCCCC. The highest BCUT2D eigenvalue weighted by molar-refractivity contribution is 4.97. The van der Waals surface area contributed by atoms with Crippen molar-refractivity contribution in [1.82, 2.24) is 9.80 Å². The van der Waals surface area contributed by atoms with Crippen LogP contribution in [-0.2, 0) is 0 Å². The van der Waals surface area contributed by atoms with E-state index >= 15 is 0 Å². The summed E-state index contributed by atoms with van der Waals surface area (Å²) in [6, 6.07) is 0. The Bertz CT molecular complexity index is 424. The van der Waals surface area contributed by atoms with Gasteiger partial charge in [-0.25, -0.2) is 0 Å². The number of unbranched alkanes of at least 4 members (excludes halogenated alkanes) is 21. The van der Waals surface area contributed by atoms with E-state index < -0.39 is 0 Å². The Labute approximate surface area is 222 Å². The van der Waals surface area contributed by atoms with E-state index in [2.05, 4.69) is 43.0 Å². The maximum Gasteiger partial charge on any atom is 0.101 e. The van der Waals surface area contributed by atoms with Gasteiger partial charge in [0, 0.05) is 25.5 Å². The van der Waals surface area contributed by atoms with Gasteiger partial charge in [-0.3, -0.25) is 0 Å². The van der Waals surface area contributed by atoms with Gasteiger partial charge in [0.05, 0.1) is 0 Å². The number of rotatable bonds is 27. The maximum absolute atomic E-state index is 2.67. The Morgan fingerprint density at radius 2 is 0.657 bits per heavy atom. The quantitative estimate of drug-likeness (QED) is 0.106. The molecular formula is C33H66N2. The second-order valence-corrected chi connectivity index (χ2v) is 11.5. The van der Waals surface area contributed by atoms with Crippen molar-refractivity contribution >= 4 is 0 Å². The van der Waals surface area contributed by atoms with Gasteiger partial charge < -0.3 is 9.80 Å². The highest BCUT2D eigenvalue weighted by Crippen LogP contribution is 2.23. The van der Waals surface area contributed by atoms with Gasteiger partial charge in [0.15, 0.2) is 0 Å². The van der Waals surface area contributed by atoms with Gasteiger partial charge in [-0.1, -0.05) is 156 Å². The first-order valence-corrected chi connectivity index (χ1v) is 16.5. The summed E-state index contributed by atoms with van der Waals surface area (Å²) >= 11 is 0. The predicted octanol–water partition coefficient (Wildman–Crippen LogP) is 11.2. The molecule has 0 amide bonds. The van der Waals surface area contributed by atoms with Crippen molar-refractivity contribution in [3.05, 3.63) is 12.4 Å². The molecule has 0 unspecified atom stereocenters. The molecule has 0 saturated heterocycles. The van der Waals surface area contributed by atoms with E-state index in [-0.39, 0.29) is 0 Å². The minimum atomic E-state index is 0.643. The Morgan fingerprint density at radius 3 is 1.00 bits per heavy atom. The molecule has 0 atom stereocenters. The van der Waals surface area contributed by atoms with Crippen LogP contribution in [0, 0.1) is 0 Å². The molecule has 0 fully saturated rings. The van der Waals surface area contributed by atoms with Crippen LogP contribution in [0.15, 0.2) is 12.4 Å². The molecule has 0 N–H and O–H groups in total. The lowest BCUT2D eigenvalue weighted by atomic mass is 10.0. The minimum Gasteiger partial charge on any atom is -0.356 e. The monoisotopic (exact) mass is 491 g/mol. The summed E-state index contributed by atoms with van der Waals surface area (Å²) < 4.78 is 0. The molecule has 1 aliphatic rings. The zero-order chi connectivity index (χ0) is 25.2. The summed E-state index contributed by atoms with van der Waals surface area (Å²) in [5.41, 5.74) is 0. The van der Waals surface area contributed by atoms with Crippen molar-refractivity contribution < 1.29 is 0 Å². The lowest BCUT2D eigenvalue weighted by molar-refractivity contribution is 0.135. The molecule has 2 nitrogen and oxygen atoms in total. The van der Waals surface area contributed by atoms with Gasteiger partial charge in [0.2, 0.25) is 0 Å². The zero-order valence-electron chi connectivity index (χ0n) is 24.7. The highest BCUT2D eigenvalue weighted by atomic mass is 15.4. The van der Waals surface area contributed by atoms with Crippen LogP contribution in [0.25, 0.3) is 0 Å². The first-order chi connectivity index (χ1) is 17.3. The topological polar surface area (TPSA) is 6.48 Å². The summed E-state index contributed by atoms with van der Waals surface area (Å²) in [5, 5.41) is 0. The molecule has 0 aromatic heterocycles. The van der Waals surface area contributed by atoms with Gasteiger partial charge in [-0.2, -0.15) is 0 Å². The largest absolute Gasteiger partial charge is 0.356 e. The molecule has 0 spiro atoms. The van der Waals surface area contributed by atoms with Gasteiger partial charge >= 0.3 is 0 Å². The van der Waals surface area contributed by atoms with Crippen molar-refractivity contribution in [2.75, 3.05) is 13.1 Å². The molecular weight excluding hydrogens is 424 g/mol. The molecule has 0 aliphatic carbocycles. The fourth-order valence-corrected chi connectivity index (χ4v) is 5.66. The standard InChI is InChI=1S/C33H66N2/c1-4-7-10-13-14-15-16-17-18-19-20-21-22-23-24-25-28-33-34(29-26-11-8-5-2)31-32-35(33)30-27-12-9-6-3/h31-33H,4-30H2,1-3H3. The second kappa shape index (κ2) is 25.0. The zero-order valence-corrected chi connectivity index (χ0v) is 24.7. The molecule has 0 aromatic carbocycles. The van der Waals surface area contributed by atoms with Crippen LogP contribution in [0.4, 0.5) is 0 Å². The molecule has 208 valence electrons. The fraction of sp³-hybridized carbons (Fsp3) is 0.939. The predicted molar refractivity (Wildman–Crippen MR) is 159 cm³/mol. The number of hydrogen-bond donors (Lipinski definition) is 0. The Balaban J connectivity index is 2.05.